The van der Waals surface area contributed by atoms with Crippen LogP contribution in [-0.2, 0) is 4.79 Å². The van der Waals surface area contributed by atoms with E-state index in [1.54, 1.807) is 51.1 Å². The Morgan fingerprint density at radius 1 is 0.722 bits per heavy atom. The Kier molecular flexibility index (Phi) is 12.2. The Morgan fingerprint density at radius 3 is 1.53 bits per heavy atom. The van der Waals surface area contributed by atoms with Crippen LogP contribution in [0.25, 0.3) is 0 Å². The van der Waals surface area contributed by atoms with Crippen LogP contribution in [0, 0.1) is 26.7 Å². The highest BCUT2D eigenvalue weighted by atomic mass is 16.4. The summed E-state index contributed by atoms with van der Waals surface area (Å²) >= 11 is 0. The topological polar surface area (TPSA) is 132 Å². The minimum absolute atomic E-state index is 0.137. The summed E-state index contributed by atoms with van der Waals surface area (Å²) in [5, 5.41) is 36.1. The molecular formula is C29H34O7. The maximum atomic E-state index is 11.3. The second-order valence-electron chi connectivity index (χ2n) is 8.53. The molecule has 0 saturated heterocycles. The van der Waals surface area contributed by atoms with Crippen molar-refractivity contribution in [2.45, 2.75) is 46.8 Å². The lowest BCUT2D eigenvalue weighted by Crippen LogP contribution is -2.20. The number of carbonyl (C=O) groups is 3. The minimum Gasteiger partial charge on any atom is -0.478 e. The summed E-state index contributed by atoms with van der Waals surface area (Å²) in [7, 11) is 0. The van der Waals surface area contributed by atoms with Gasteiger partial charge in [0.1, 0.15) is 0 Å². The van der Waals surface area contributed by atoms with Gasteiger partial charge in [0.25, 0.3) is 5.78 Å². The Balaban J connectivity index is 0.000000276. The number of hydrogen-bond donors (Lipinski definition) is 4. The van der Waals surface area contributed by atoms with E-state index in [1.807, 2.05) is 56.3 Å². The first kappa shape index (κ1) is 30.2. The highest BCUT2D eigenvalue weighted by Gasteiger charge is 2.20. The molecule has 0 aromatic heterocycles. The lowest BCUT2D eigenvalue weighted by atomic mass is 9.93. The van der Waals surface area contributed by atoms with E-state index < -0.39 is 29.9 Å². The molecular weight excluding hydrogens is 460 g/mol. The van der Waals surface area contributed by atoms with Crippen LogP contribution in [-0.4, -0.2) is 44.3 Å². The number of carboxylic acid groups (broad SMARTS) is 2. The molecule has 3 atom stereocenters. The van der Waals surface area contributed by atoms with Crippen LogP contribution in [0.2, 0.25) is 0 Å². The van der Waals surface area contributed by atoms with Crippen LogP contribution in [0.1, 0.15) is 62.9 Å². The van der Waals surface area contributed by atoms with Crippen molar-refractivity contribution in [2.24, 2.45) is 5.92 Å². The van der Waals surface area contributed by atoms with Crippen molar-refractivity contribution < 1.29 is 34.8 Å². The molecule has 3 rings (SSSR count). The fourth-order valence-electron chi connectivity index (χ4n) is 3.44. The molecule has 0 spiro atoms. The van der Waals surface area contributed by atoms with Crippen LogP contribution >= 0.6 is 0 Å². The first-order valence-electron chi connectivity index (χ1n) is 11.4. The van der Waals surface area contributed by atoms with Crippen molar-refractivity contribution in [3.63, 3.8) is 0 Å². The van der Waals surface area contributed by atoms with Crippen LogP contribution < -0.4 is 0 Å². The number of Topliss-reactive ketones (excluding diaryl/α,β-unsaturated/α-hetero) is 1. The predicted molar refractivity (Wildman–Crippen MR) is 138 cm³/mol. The molecule has 3 aromatic carbocycles. The Hall–Kier alpha value is -3.81. The van der Waals surface area contributed by atoms with Gasteiger partial charge in [-0.1, -0.05) is 73.2 Å². The van der Waals surface area contributed by atoms with Crippen molar-refractivity contribution in [3.05, 3.63) is 106 Å². The lowest BCUT2D eigenvalue weighted by molar-refractivity contribution is -0.131. The molecule has 7 nitrogen and oxygen atoms in total. The van der Waals surface area contributed by atoms with Crippen LogP contribution in [0.5, 0.6) is 0 Å². The van der Waals surface area contributed by atoms with E-state index >= 15 is 0 Å². The van der Waals surface area contributed by atoms with E-state index in [2.05, 4.69) is 0 Å². The van der Waals surface area contributed by atoms with Crippen molar-refractivity contribution in [3.8, 4) is 0 Å². The average molecular weight is 495 g/mol. The largest absolute Gasteiger partial charge is 0.478 e. The number of aromatic carboxylic acids is 1. The number of aliphatic hydroxyl groups is 2. The van der Waals surface area contributed by atoms with Gasteiger partial charge in [-0.15, -0.1) is 0 Å². The van der Waals surface area contributed by atoms with Crippen molar-refractivity contribution in [1.29, 1.82) is 0 Å². The second kappa shape index (κ2) is 14.6. The molecule has 192 valence electrons. The third kappa shape index (κ3) is 9.44. The van der Waals surface area contributed by atoms with Crippen LogP contribution in [0.3, 0.4) is 0 Å². The molecule has 4 N–H and O–H groups in total. The zero-order chi connectivity index (χ0) is 27.4. The number of aryl methyl sites for hydroxylation is 3. The highest BCUT2D eigenvalue weighted by molar-refractivity contribution is 6.40. The number of carboxylic acids is 2. The fourth-order valence-corrected chi connectivity index (χ4v) is 3.44. The van der Waals surface area contributed by atoms with E-state index in [0.29, 0.717) is 11.1 Å². The van der Waals surface area contributed by atoms with Crippen molar-refractivity contribution >= 4 is 17.7 Å². The normalized spacial score (nSPS) is 12.5. The third-order valence-electron chi connectivity index (χ3n) is 5.52. The molecule has 0 aliphatic heterocycles. The van der Waals surface area contributed by atoms with E-state index in [1.165, 1.54) is 0 Å². The summed E-state index contributed by atoms with van der Waals surface area (Å²) in [4.78, 5) is 32.0. The van der Waals surface area contributed by atoms with Crippen LogP contribution in [0.4, 0.5) is 0 Å². The zero-order valence-corrected chi connectivity index (χ0v) is 21.2. The first-order valence-corrected chi connectivity index (χ1v) is 11.4. The molecule has 7 heteroatoms. The highest BCUT2D eigenvalue weighted by Crippen LogP contribution is 2.23. The summed E-state index contributed by atoms with van der Waals surface area (Å²) < 4.78 is 0. The summed E-state index contributed by atoms with van der Waals surface area (Å²) in [6.07, 6.45) is -1.07. The van der Waals surface area contributed by atoms with Crippen molar-refractivity contribution in [1.82, 2.24) is 0 Å². The van der Waals surface area contributed by atoms with Gasteiger partial charge in [-0.3, -0.25) is 4.79 Å². The number of rotatable bonds is 6. The quantitative estimate of drug-likeness (QED) is 0.280. The number of benzene rings is 3. The molecule has 36 heavy (non-hydrogen) atoms. The van der Waals surface area contributed by atoms with Gasteiger partial charge in [0.15, 0.2) is 0 Å². The molecule has 3 aromatic rings. The molecule has 0 amide bonds. The Labute approximate surface area is 211 Å². The van der Waals surface area contributed by atoms with Crippen molar-refractivity contribution in [2.75, 3.05) is 0 Å². The fraction of sp³-hybridized carbons (Fsp3) is 0.276. The molecule has 0 saturated carbocycles. The van der Waals surface area contributed by atoms with E-state index in [0.717, 1.165) is 22.3 Å². The lowest BCUT2D eigenvalue weighted by Gasteiger charge is -2.21. The maximum Gasteiger partial charge on any atom is 0.377 e. The number of ketones is 1. The number of hydrogen-bond acceptors (Lipinski definition) is 5. The van der Waals surface area contributed by atoms with E-state index in [4.69, 9.17) is 10.2 Å². The van der Waals surface area contributed by atoms with Gasteiger partial charge in [0.2, 0.25) is 0 Å². The molecule has 3 unspecified atom stereocenters. The molecule has 0 bridgehead atoms. The first-order chi connectivity index (χ1) is 16.9. The van der Waals surface area contributed by atoms with Gasteiger partial charge in [-0.25, -0.2) is 9.59 Å². The maximum absolute atomic E-state index is 11.3. The summed E-state index contributed by atoms with van der Waals surface area (Å²) in [5.41, 5.74) is 3.96. The average Bonchev–Trinajstić information content (AvgIpc) is 2.84. The van der Waals surface area contributed by atoms with Gasteiger partial charge < -0.3 is 20.4 Å². The van der Waals surface area contributed by atoms with Crippen LogP contribution in [0.15, 0.2) is 72.8 Å². The summed E-state index contributed by atoms with van der Waals surface area (Å²) in [6.45, 7) is 8.93. The summed E-state index contributed by atoms with van der Waals surface area (Å²) in [6, 6.07) is 21.3. The monoisotopic (exact) mass is 494 g/mol. The molecule has 0 heterocycles. The molecule has 0 aliphatic carbocycles. The smallest absolute Gasteiger partial charge is 0.377 e. The number of carbonyl (C=O) groups excluding carboxylic acids is 1. The molecule has 0 radical (unpaired) electrons. The standard InChI is InChI=1S/C11H12O3.C11H16O2.C7H6O2/c1-6-4-7(2)9(8(3)5-6)10(12)11(13)14;1-8(9(2)12)11(13)10-6-4-3-5-7-10;8-7(9)6-4-2-1-3-5-6/h4-5H,1-3H3,(H,13,14);3-9,11-13H,1-2H3;1-5H,(H,8,9). The number of aliphatic hydroxyl groups excluding tert-OH is 2. The second-order valence-corrected chi connectivity index (χ2v) is 8.53. The predicted octanol–water partition coefficient (Wildman–Crippen LogP) is 5.00. The Morgan fingerprint density at radius 2 is 1.17 bits per heavy atom. The summed E-state index contributed by atoms with van der Waals surface area (Å²) in [5.74, 6) is -3.25. The van der Waals surface area contributed by atoms with Gasteiger partial charge >= 0.3 is 11.9 Å². The van der Waals surface area contributed by atoms with Gasteiger partial charge in [-0.05, 0) is 56.5 Å². The zero-order valence-electron chi connectivity index (χ0n) is 21.2. The number of aliphatic carboxylic acids is 1. The SMILES string of the molecule is CC(O)C(C)C(O)c1ccccc1.Cc1cc(C)c(C(=O)C(=O)O)c(C)c1.O=C(O)c1ccccc1. The Bertz CT molecular complexity index is 1120. The third-order valence-corrected chi connectivity index (χ3v) is 5.52. The molecule has 0 fully saturated rings. The van der Waals surface area contributed by atoms with E-state index in [9.17, 15) is 24.6 Å². The molecule has 0 aliphatic rings. The van der Waals surface area contributed by atoms with Gasteiger partial charge in [-0.2, -0.15) is 0 Å². The minimum atomic E-state index is -1.40. The van der Waals surface area contributed by atoms with Gasteiger partial charge in [0.05, 0.1) is 17.8 Å². The van der Waals surface area contributed by atoms with E-state index in [-0.39, 0.29) is 5.92 Å². The van der Waals surface area contributed by atoms with Gasteiger partial charge in [0, 0.05) is 11.5 Å².